The first-order valence-corrected chi connectivity index (χ1v) is 8.54. The van der Waals surface area contributed by atoms with E-state index in [1.807, 2.05) is 6.07 Å². The highest BCUT2D eigenvalue weighted by Gasteiger charge is 2.13. The molecule has 0 radical (unpaired) electrons. The Morgan fingerprint density at radius 1 is 1.12 bits per heavy atom. The number of nitriles is 2. The molecule has 2 aromatic rings. The molecular weight excluding hydrogens is 356 g/mol. The molecule has 0 saturated carbocycles. The molecule has 0 aliphatic heterocycles. The molecule has 0 spiro atoms. The van der Waals surface area contributed by atoms with E-state index in [1.165, 1.54) is 12.1 Å². The van der Waals surface area contributed by atoms with Gasteiger partial charge in [0.25, 0.3) is 16.0 Å². The molecule has 0 saturated heterocycles. The minimum absolute atomic E-state index is 0.0868. The molecule has 9 heteroatoms. The predicted molar refractivity (Wildman–Crippen MR) is 93.4 cm³/mol. The SMILES string of the molecule is N#C/C(=C/Nc1ccccc1C#N)C(=O)Nc1cccc(S(=O)(=O)O)c1. The van der Waals surface area contributed by atoms with Crippen molar-refractivity contribution >= 4 is 27.4 Å². The molecule has 0 aromatic heterocycles. The highest BCUT2D eigenvalue weighted by Crippen LogP contribution is 2.17. The maximum atomic E-state index is 12.2. The standard InChI is InChI=1S/C17H12N4O4S/c18-9-12-4-1-2-7-16(12)20-11-13(10-19)17(22)21-14-5-3-6-15(8-14)26(23,24)25/h1-8,11,20H,(H,21,22)(H,23,24,25)/b13-11-. The summed E-state index contributed by atoms with van der Waals surface area (Å²) >= 11 is 0. The van der Waals surface area contributed by atoms with Crippen molar-refractivity contribution in [2.75, 3.05) is 10.6 Å². The number of carbonyl (C=O) groups excluding carboxylic acids is 1. The fourth-order valence-corrected chi connectivity index (χ4v) is 2.46. The highest BCUT2D eigenvalue weighted by molar-refractivity contribution is 7.85. The Kier molecular flexibility index (Phi) is 5.71. The molecule has 0 fully saturated rings. The number of amides is 1. The van der Waals surface area contributed by atoms with Gasteiger partial charge in [0.15, 0.2) is 0 Å². The van der Waals surface area contributed by atoms with Crippen LogP contribution in [0.4, 0.5) is 11.4 Å². The number of hydrogen-bond donors (Lipinski definition) is 3. The highest BCUT2D eigenvalue weighted by atomic mass is 32.2. The number of nitrogens with zero attached hydrogens (tertiary/aromatic N) is 2. The van der Waals surface area contributed by atoms with Crippen molar-refractivity contribution < 1.29 is 17.8 Å². The molecule has 0 aliphatic carbocycles. The van der Waals surface area contributed by atoms with Crippen molar-refractivity contribution in [2.24, 2.45) is 0 Å². The van der Waals surface area contributed by atoms with Crippen molar-refractivity contribution in [3.8, 4) is 12.1 Å². The summed E-state index contributed by atoms with van der Waals surface area (Å²) in [5, 5.41) is 23.2. The fraction of sp³-hybridized carbons (Fsp3) is 0. The summed E-state index contributed by atoms with van der Waals surface area (Å²) in [6.45, 7) is 0. The molecule has 130 valence electrons. The Labute approximate surface area is 149 Å². The van der Waals surface area contributed by atoms with Crippen LogP contribution in [0, 0.1) is 22.7 Å². The van der Waals surface area contributed by atoms with Gasteiger partial charge < -0.3 is 10.6 Å². The van der Waals surface area contributed by atoms with Crippen LogP contribution >= 0.6 is 0 Å². The van der Waals surface area contributed by atoms with Crippen LogP contribution in [0.3, 0.4) is 0 Å². The summed E-state index contributed by atoms with van der Waals surface area (Å²) in [6, 6.07) is 15.2. The maximum Gasteiger partial charge on any atom is 0.294 e. The van der Waals surface area contributed by atoms with Crippen molar-refractivity contribution in [3.05, 3.63) is 65.9 Å². The van der Waals surface area contributed by atoms with Crippen molar-refractivity contribution in [2.45, 2.75) is 4.90 Å². The van der Waals surface area contributed by atoms with Gasteiger partial charge in [-0.3, -0.25) is 9.35 Å². The minimum Gasteiger partial charge on any atom is -0.359 e. The number of carbonyl (C=O) groups is 1. The second-order valence-electron chi connectivity index (χ2n) is 4.93. The number of nitrogens with one attached hydrogen (secondary N) is 2. The van der Waals surface area contributed by atoms with Gasteiger partial charge in [0.1, 0.15) is 17.7 Å². The van der Waals surface area contributed by atoms with E-state index in [0.29, 0.717) is 11.3 Å². The van der Waals surface area contributed by atoms with Gasteiger partial charge in [0, 0.05) is 11.9 Å². The average Bonchev–Trinajstić information content (AvgIpc) is 2.62. The van der Waals surface area contributed by atoms with Gasteiger partial charge in [-0.25, -0.2) is 0 Å². The second-order valence-corrected chi connectivity index (χ2v) is 6.35. The van der Waals surface area contributed by atoms with Gasteiger partial charge in [0.2, 0.25) is 0 Å². The number of hydrogen-bond acceptors (Lipinski definition) is 6. The fourth-order valence-electron chi connectivity index (χ4n) is 1.94. The molecule has 1 amide bonds. The monoisotopic (exact) mass is 368 g/mol. The Hall–Kier alpha value is -3.66. The van der Waals surface area contributed by atoms with Crippen LogP contribution in [0.1, 0.15) is 5.56 Å². The molecule has 0 unspecified atom stereocenters. The summed E-state index contributed by atoms with van der Waals surface area (Å²) in [4.78, 5) is 11.8. The zero-order valence-corrected chi connectivity index (χ0v) is 14.0. The molecule has 0 heterocycles. The molecule has 0 atom stereocenters. The lowest BCUT2D eigenvalue weighted by Gasteiger charge is -2.07. The van der Waals surface area contributed by atoms with Crippen LogP contribution in [0.2, 0.25) is 0 Å². The van der Waals surface area contributed by atoms with Gasteiger partial charge in [-0.1, -0.05) is 18.2 Å². The topological polar surface area (TPSA) is 143 Å². The van der Waals surface area contributed by atoms with E-state index in [2.05, 4.69) is 10.6 Å². The Morgan fingerprint density at radius 3 is 2.50 bits per heavy atom. The number of benzene rings is 2. The summed E-state index contributed by atoms with van der Waals surface area (Å²) in [6.07, 6.45) is 1.14. The first kappa shape index (κ1) is 18.7. The van der Waals surface area contributed by atoms with Gasteiger partial charge in [0.05, 0.1) is 16.1 Å². The first-order valence-electron chi connectivity index (χ1n) is 7.10. The Bertz CT molecular complexity index is 1060. The van der Waals surface area contributed by atoms with E-state index in [9.17, 15) is 13.2 Å². The van der Waals surface area contributed by atoms with Crippen LogP contribution in [0.15, 0.2) is 65.2 Å². The van der Waals surface area contributed by atoms with E-state index in [-0.39, 0.29) is 16.2 Å². The summed E-state index contributed by atoms with van der Waals surface area (Å²) in [7, 11) is -4.41. The lowest BCUT2D eigenvalue weighted by molar-refractivity contribution is -0.112. The van der Waals surface area contributed by atoms with Crippen molar-refractivity contribution in [1.82, 2.24) is 0 Å². The molecule has 8 nitrogen and oxygen atoms in total. The van der Waals surface area contributed by atoms with Crippen LogP contribution in [-0.2, 0) is 14.9 Å². The largest absolute Gasteiger partial charge is 0.359 e. The van der Waals surface area contributed by atoms with Crippen molar-refractivity contribution in [3.63, 3.8) is 0 Å². The second kappa shape index (κ2) is 7.94. The first-order chi connectivity index (χ1) is 12.3. The van der Waals surface area contributed by atoms with Crippen LogP contribution < -0.4 is 10.6 Å². The van der Waals surface area contributed by atoms with Gasteiger partial charge in [-0.2, -0.15) is 18.9 Å². The molecule has 2 rings (SSSR count). The summed E-state index contributed by atoms with van der Waals surface area (Å²) in [5.41, 5.74) is 0.546. The van der Waals surface area contributed by atoms with Crippen LogP contribution in [-0.4, -0.2) is 18.9 Å². The third-order valence-electron chi connectivity index (χ3n) is 3.17. The van der Waals surface area contributed by atoms with Crippen LogP contribution in [0.5, 0.6) is 0 Å². The molecule has 26 heavy (non-hydrogen) atoms. The van der Waals surface area contributed by atoms with E-state index >= 15 is 0 Å². The van der Waals surface area contributed by atoms with E-state index < -0.39 is 16.0 Å². The minimum atomic E-state index is -4.41. The molecule has 0 aliphatic rings. The number of para-hydroxylation sites is 1. The van der Waals surface area contributed by atoms with E-state index in [0.717, 1.165) is 18.3 Å². The average molecular weight is 368 g/mol. The molecule has 0 bridgehead atoms. The molecule has 3 N–H and O–H groups in total. The molecule has 2 aromatic carbocycles. The zero-order chi connectivity index (χ0) is 19.2. The third-order valence-corrected chi connectivity index (χ3v) is 4.02. The third kappa shape index (κ3) is 4.68. The maximum absolute atomic E-state index is 12.2. The van der Waals surface area contributed by atoms with Gasteiger partial charge in [-0.15, -0.1) is 0 Å². The van der Waals surface area contributed by atoms with Gasteiger partial charge in [-0.05, 0) is 30.3 Å². The Balaban J connectivity index is 2.19. The summed E-state index contributed by atoms with van der Waals surface area (Å²) < 4.78 is 31.3. The summed E-state index contributed by atoms with van der Waals surface area (Å²) in [5.74, 6) is -0.790. The zero-order valence-electron chi connectivity index (χ0n) is 13.2. The quantitative estimate of drug-likeness (QED) is 0.417. The predicted octanol–water partition coefficient (Wildman–Crippen LogP) is 2.26. The smallest absolute Gasteiger partial charge is 0.294 e. The Morgan fingerprint density at radius 2 is 1.85 bits per heavy atom. The lowest BCUT2D eigenvalue weighted by atomic mass is 10.2. The number of anilines is 2. The van der Waals surface area contributed by atoms with E-state index in [1.54, 1.807) is 30.3 Å². The van der Waals surface area contributed by atoms with Crippen LogP contribution in [0.25, 0.3) is 0 Å². The van der Waals surface area contributed by atoms with Crippen molar-refractivity contribution in [1.29, 1.82) is 10.5 Å². The normalized spacial score (nSPS) is 11.1. The molecular formula is C17H12N4O4S. The lowest BCUT2D eigenvalue weighted by Crippen LogP contribution is -2.15. The number of rotatable bonds is 5. The van der Waals surface area contributed by atoms with E-state index in [4.69, 9.17) is 15.1 Å². The van der Waals surface area contributed by atoms with Gasteiger partial charge >= 0.3 is 0 Å².